The number of halogens is 1. The smallest absolute Gasteiger partial charge is 0.302 e. The highest BCUT2D eigenvalue weighted by atomic mass is 35.5. The van der Waals surface area contributed by atoms with E-state index >= 15 is 0 Å². The highest BCUT2D eigenvalue weighted by molar-refractivity contribution is 6.34. The lowest BCUT2D eigenvalue weighted by molar-refractivity contribution is -0.136. The Morgan fingerprint density at radius 2 is 2.04 bits per heavy atom. The predicted octanol–water partition coefficient (Wildman–Crippen LogP) is 2.47. The van der Waals surface area contributed by atoms with Crippen LogP contribution in [-0.2, 0) is 4.79 Å². The molecule has 0 N–H and O–H groups in total. The van der Waals surface area contributed by atoms with Crippen LogP contribution in [0.4, 0.5) is 10.5 Å². The molecule has 0 aliphatic carbocycles. The van der Waals surface area contributed by atoms with E-state index < -0.39 is 12.2 Å². The molecule has 0 saturated carbocycles. The number of carbonyl (C=O) groups is 2. The lowest BCUT2D eigenvalue weighted by Crippen LogP contribution is -2.64. The highest BCUT2D eigenvalue weighted by Crippen LogP contribution is 2.38. The molecule has 1 aromatic rings. The maximum atomic E-state index is 13.0. The fourth-order valence-corrected chi connectivity index (χ4v) is 3.80. The minimum Gasteiger partial charge on any atom is -0.302 e. The number of urea groups is 1. The van der Waals surface area contributed by atoms with Gasteiger partial charge in [0.05, 0.1) is 10.7 Å². The molecule has 1 fully saturated rings. The second-order valence-corrected chi connectivity index (χ2v) is 6.79. The summed E-state index contributed by atoms with van der Waals surface area (Å²) in [5.74, 6) is 0.320. The molecule has 0 aromatic heterocycles. The molecule has 26 heavy (non-hydrogen) atoms. The van der Waals surface area contributed by atoms with Crippen molar-refractivity contribution in [3.8, 4) is 0 Å². The summed E-state index contributed by atoms with van der Waals surface area (Å²) in [6, 6.07) is 6.50. The van der Waals surface area contributed by atoms with Crippen molar-refractivity contribution in [2.45, 2.75) is 19.1 Å². The number of hydrogen-bond acceptors (Lipinski definition) is 5. The van der Waals surface area contributed by atoms with Crippen molar-refractivity contribution < 1.29 is 9.59 Å². The zero-order chi connectivity index (χ0) is 18.6. The third kappa shape index (κ3) is 2.17. The highest BCUT2D eigenvalue weighted by Gasteiger charge is 2.54. The van der Waals surface area contributed by atoms with E-state index in [1.54, 1.807) is 13.1 Å². The second kappa shape index (κ2) is 5.88. The Balaban J connectivity index is 1.76. The number of imide groups is 1. The SMILES string of the molecule is C=CCN1C(=O)C2C(N=C3N(c4ccccc4Cl)C(C)=CN32)N(C)C1=O. The van der Waals surface area contributed by atoms with Crippen molar-refractivity contribution in [1.29, 1.82) is 0 Å². The van der Waals surface area contributed by atoms with Gasteiger partial charge in [-0.1, -0.05) is 29.8 Å². The van der Waals surface area contributed by atoms with E-state index in [-0.39, 0.29) is 18.5 Å². The molecule has 1 saturated heterocycles. The van der Waals surface area contributed by atoms with Gasteiger partial charge in [-0.05, 0) is 19.1 Å². The first-order valence-electron chi connectivity index (χ1n) is 8.24. The van der Waals surface area contributed by atoms with Crippen LogP contribution in [0.15, 0.2) is 53.8 Å². The largest absolute Gasteiger partial charge is 0.328 e. The molecule has 3 heterocycles. The fourth-order valence-electron chi connectivity index (χ4n) is 3.58. The molecule has 2 unspecified atom stereocenters. The van der Waals surface area contributed by atoms with Crippen LogP contribution in [0.5, 0.6) is 0 Å². The van der Waals surface area contributed by atoms with E-state index in [1.807, 2.05) is 47.2 Å². The first-order valence-corrected chi connectivity index (χ1v) is 8.61. The van der Waals surface area contributed by atoms with Crippen LogP contribution >= 0.6 is 11.6 Å². The summed E-state index contributed by atoms with van der Waals surface area (Å²) >= 11 is 6.36. The molecule has 4 rings (SSSR count). The van der Waals surface area contributed by atoms with E-state index in [0.29, 0.717) is 11.0 Å². The van der Waals surface area contributed by atoms with Crippen molar-refractivity contribution in [1.82, 2.24) is 14.7 Å². The molecule has 8 heteroatoms. The molecule has 3 aliphatic heterocycles. The number of anilines is 1. The number of likely N-dealkylation sites (N-methyl/N-ethyl adjacent to an activating group) is 1. The van der Waals surface area contributed by atoms with Crippen LogP contribution in [-0.4, -0.2) is 58.4 Å². The molecule has 0 spiro atoms. The minimum atomic E-state index is -0.588. The van der Waals surface area contributed by atoms with Crippen LogP contribution < -0.4 is 4.90 Å². The van der Waals surface area contributed by atoms with Crippen molar-refractivity contribution in [3.63, 3.8) is 0 Å². The number of nitrogens with zero attached hydrogens (tertiary/aromatic N) is 5. The number of carbonyl (C=O) groups excluding carboxylic acids is 2. The van der Waals surface area contributed by atoms with Crippen LogP contribution in [0.3, 0.4) is 0 Å². The summed E-state index contributed by atoms with van der Waals surface area (Å²) in [5, 5.41) is 0.587. The van der Waals surface area contributed by atoms with Gasteiger partial charge in [0.15, 0.2) is 12.2 Å². The Hall–Kier alpha value is -2.80. The first kappa shape index (κ1) is 16.7. The zero-order valence-electron chi connectivity index (χ0n) is 14.5. The minimum absolute atomic E-state index is 0.172. The van der Waals surface area contributed by atoms with Gasteiger partial charge in [-0.15, -0.1) is 6.58 Å². The van der Waals surface area contributed by atoms with Crippen molar-refractivity contribution in [2.24, 2.45) is 4.99 Å². The topological polar surface area (TPSA) is 59.5 Å². The van der Waals surface area contributed by atoms with Gasteiger partial charge in [-0.2, -0.15) is 0 Å². The molecule has 0 radical (unpaired) electrons. The number of rotatable bonds is 3. The number of fused-ring (bicyclic) bond motifs is 3. The maximum absolute atomic E-state index is 13.0. The van der Waals surface area contributed by atoms with Gasteiger partial charge >= 0.3 is 6.03 Å². The van der Waals surface area contributed by atoms with E-state index in [9.17, 15) is 9.59 Å². The Morgan fingerprint density at radius 1 is 1.31 bits per heavy atom. The van der Waals surface area contributed by atoms with Gasteiger partial charge in [0.2, 0.25) is 5.96 Å². The van der Waals surface area contributed by atoms with Crippen molar-refractivity contribution >= 4 is 35.2 Å². The van der Waals surface area contributed by atoms with Crippen LogP contribution in [0.1, 0.15) is 6.92 Å². The van der Waals surface area contributed by atoms with Crippen molar-refractivity contribution in [2.75, 3.05) is 18.5 Å². The molecule has 2 atom stereocenters. The molecule has 1 aromatic carbocycles. The zero-order valence-corrected chi connectivity index (χ0v) is 15.2. The number of guanidine groups is 1. The van der Waals surface area contributed by atoms with Gasteiger partial charge in [-0.3, -0.25) is 14.6 Å². The Kier molecular flexibility index (Phi) is 3.77. The van der Waals surface area contributed by atoms with E-state index in [4.69, 9.17) is 11.6 Å². The summed E-state index contributed by atoms with van der Waals surface area (Å²) in [7, 11) is 1.66. The Morgan fingerprint density at radius 3 is 2.73 bits per heavy atom. The third-order valence-electron chi connectivity index (χ3n) is 4.79. The summed E-state index contributed by atoms with van der Waals surface area (Å²) in [4.78, 5) is 36.6. The van der Waals surface area contributed by atoms with Crippen LogP contribution in [0, 0.1) is 0 Å². The fraction of sp³-hybridized carbons (Fsp3) is 0.278. The van der Waals surface area contributed by atoms with Crippen molar-refractivity contribution in [3.05, 3.63) is 53.8 Å². The van der Waals surface area contributed by atoms with E-state index in [1.165, 1.54) is 9.80 Å². The first-order chi connectivity index (χ1) is 12.5. The lowest BCUT2D eigenvalue weighted by atomic mass is 10.1. The van der Waals surface area contributed by atoms with E-state index in [0.717, 1.165) is 11.4 Å². The Bertz CT molecular complexity index is 880. The third-order valence-corrected chi connectivity index (χ3v) is 5.11. The van der Waals surface area contributed by atoms with Gasteiger partial charge < -0.3 is 9.80 Å². The Labute approximate surface area is 156 Å². The number of amides is 3. The molecule has 0 bridgehead atoms. The monoisotopic (exact) mass is 371 g/mol. The molecular weight excluding hydrogens is 354 g/mol. The maximum Gasteiger partial charge on any atom is 0.328 e. The number of hydrogen-bond donors (Lipinski definition) is 0. The van der Waals surface area contributed by atoms with Gasteiger partial charge in [0, 0.05) is 25.5 Å². The molecule has 7 nitrogen and oxygen atoms in total. The van der Waals surface area contributed by atoms with E-state index in [2.05, 4.69) is 11.6 Å². The van der Waals surface area contributed by atoms with Crippen LogP contribution in [0.25, 0.3) is 0 Å². The van der Waals surface area contributed by atoms with Gasteiger partial charge in [-0.25, -0.2) is 9.79 Å². The number of allylic oxidation sites excluding steroid dienone is 1. The normalized spacial score (nSPS) is 24.6. The standard InChI is InChI=1S/C18H18ClN5O2/c1-4-9-22-16(25)14-15(21(3)18(22)26)20-17-23(14)10-11(2)24(17)13-8-6-5-7-12(13)19/h4-8,10,14-15H,1,9H2,2-3H3. The molecular formula is C18H18ClN5O2. The molecule has 3 amide bonds. The lowest BCUT2D eigenvalue weighted by Gasteiger charge is -2.39. The summed E-state index contributed by atoms with van der Waals surface area (Å²) in [6.07, 6.45) is 2.85. The molecule has 3 aliphatic rings. The average molecular weight is 372 g/mol. The number of benzene rings is 1. The second-order valence-electron chi connectivity index (χ2n) is 6.38. The van der Waals surface area contributed by atoms with Gasteiger partial charge in [0.1, 0.15) is 0 Å². The number of aliphatic imine (C=N–C) groups is 1. The molecule has 134 valence electrons. The van der Waals surface area contributed by atoms with Gasteiger partial charge in [0.25, 0.3) is 5.91 Å². The summed E-state index contributed by atoms with van der Waals surface area (Å²) in [6.45, 7) is 5.74. The summed E-state index contributed by atoms with van der Waals surface area (Å²) in [5.41, 5.74) is 1.69. The van der Waals surface area contributed by atoms with Crippen LogP contribution in [0.2, 0.25) is 5.02 Å². The quantitative estimate of drug-likeness (QED) is 0.766. The summed E-state index contributed by atoms with van der Waals surface area (Å²) < 4.78 is 0. The predicted molar refractivity (Wildman–Crippen MR) is 99.6 cm³/mol. The average Bonchev–Trinajstić information content (AvgIpc) is 3.12. The number of para-hydroxylation sites is 1.